The second kappa shape index (κ2) is 7.75. The van der Waals surface area contributed by atoms with Crippen LogP contribution in [-0.4, -0.2) is 6.54 Å². The van der Waals surface area contributed by atoms with E-state index in [9.17, 15) is 0 Å². The van der Waals surface area contributed by atoms with Gasteiger partial charge in [0.05, 0.1) is 0 Å². The zero-order valence-electron chi connectivity index (χ0n) is 12.7. The van der Waals surface area contributed by atoms with E-state index in [2.05, 4.69) is 101 Å². The Bertz CT molecular complexity index is 604. The average molecular weight is 458 g/mol. The first-order chi connectivity index (χ1) is 9.99. The second-order valence-corrected chi connectivity index (χ2v) is 7.55. The first-order valence-electron chi connectivity index (χ1n) is 7.25. The lowest BCUT2D eigenvalue weighted by atomic mass is 9.96. The molecule has 2 aromatic carbocycles. The van der Waals surface area contributed by atoms with Crippen LogP contribution in [0.15, 0.2) is 40.9 Å². The number of nitrogens with one attached hydrogen (secondary N) is 1. The van der Waals surface area contributed by atoms with Crippen molar-refractivity contribution in [1.82, 2.24) is 5.32 Å². The van der Waals surface area contributed by atoms with Crippen molar-refractivity contribution in [2.75, 3.05) is 6.54 Å². The maximum Gasteiger partial charge on any atom is 0.0371 e. The molecule has 2 rings (SSSR count). The smallest absolute Gasteiger partial charge is 0.0371 e. The Labute approximate surface area is 149 Å². The normalized spacial score (nSPS) is 12.4. The number of hydrogen-bond acceptors (Lipinski definition) is 1. The summed E-state index contributed by atoms with van der Waals surface area (Å²) in [5.41, 5.74) is 5.44. The molecule has 21 heavy (non-hydrogen) atoms. The quantitative estimate of drug-likeness (QED) is 0.579. The molecule has 112 valence electrons. The SMILES string of the molecule is CCNC(Cc1cc(C)cc(C)c1)c1cc(Br)ccc1I. The lowest BCUT2D eigenvalue weighted by Crippen LogP contribution is -2.24. The molecule has 0 heterocycles. The Morgan fingerprint density at radius 3 is 2.38 bits per heavy atom. The molecule has 2 aromatic rings. The molecule has 1 N–H and O–H groups in total. The first kappa shape index (κ1) is 17.0. The Morgan fingerprint density at radius 1 is 1.10 bits per heavy atom. The van der Waals surface area contributed by atoms with Crippen molar-refractivity contribution in [3.05, 3.63) is 66.7 Å². The van der Waals surface area contributed by atoms with Gasteiger partial charge in [-0.05, 0) is 78.7 Å². The molecule has 0 aliphatic carbocycles. The Hall–Kier alpha value is -0.390. The van der Waals surface area contributed by atoms with Crippen molar-refractivity contribution in [3.63, 3.8) is 0 Å². The van der Waals surface area contributed by atoms with Crippen LogP contribution >= 0.6 is 38.5 Å². The molecule has 0 fully saturated rings. The van der Waals surface area contributed by atoms with Crippen LogP contribution in [0.4, 0.5) is 0 Å². The van der Waals surface area contributed by atoms with E-state index in [1.165, 1.54) is 25.8 Å². The van der Waals surface area contributed by atoms with Crippen LogP contribution in [0.25, 0.3) is 0 Å². The minimum Gasteiger partial charge on any atom is -0.310 e. The Kier molecular flexibility index (Phi) is 6.26. The van der Waals surface area contributed by atoms with Gasteiger partial charge >= 0.3 is 0 Å². The third-order valence-corrected chi connectivity index (χ3v) is 4.98. The van der Waals surface area contributed by atoms with Gasteiger partial charge in [0.1, 0.15) is 0 Å². The van der Waals surface area contributed by atoms with Crippen LogP contribution in [-0.2, 0) is 6.42 Å². The van der Waals surface area contributed by atoms with E-state index < -0.39 is 0 Å². The molecular formula is C18H21BrIN. The molecule has 1 atom stereocenters. The zero-order valence-corrected chi connectivity index (χ0v) is 16.5. The average Bonchev–Trinajstić information content (AvgIpc) is 2.40. The van der Waals surface area contributed by atoms with E-state index >= 15 is 0 Å². The van der Waals surface area contributed by atoms with Crippen LogP contribution in [0.5, 0.6) is 0 Å². The maximum atomic E-state index is 3.63. The predicted molar refractivity (Wildman–Crippen MR) is 103 cm³/mol. The van der Waals surface area contributed by atoms with Crippen molar-refractivity contribution in [3.8, 4) is 0 Å². The van der Waals surface area contributed by atoms with Gasteiger partial charge < -0.3 is 5.32 Å². The lowest BCUT2D eigenvalue weighted by molar-refractivity contribution is 0.547. The van der Waals surface area contributed by atoms with Crippen molar-refractivity contribution in [2.24, 2.45) is 0 Å². The highest BCUT2D eigenvalue weighted by Crippen LogP contribution is 2.27. The van der Waals surface area contributed by atoms with Crippen molar-refractivity contribution in [1.29, 1.82) is 0 Å². The summed E-state index contributed by atoms with van der Waals surface area (Å²) in [6.07, 6.45) is 1.02. The molecule has 0 radical (unpaired) electrons. The number of benzene rings is 2. The van der Waals surface area contributed by atoms with E-state index in [1.54, 1.807) is 0 Å². The predicted octanol–water partition coefficient (Wildman–Crippen LogP) is 5.56. The summed E-state index contributed by atoms with van der Waals surface area (Å²) >= 11 is 6.02. The monoisotopic (exact) mass is 457 g/mol. The van der Waals surface area contributed by atoms with Crippen LogP contribution in [0, 0.1) is 17.4 Å². The standard InChI is InChI=1S/C18H21BrIN/c1-4-21-18(16-11-15(19)5-6-17(16)20)10-14-8-12(2)7-13(3)9-14/h5-9,11,18,21H,4,10H2,1-3H3. The van der Waals surface area contributed by atoms with Gasteiger partial charge in [0.2, 0.25) is 0 Å². The summed E-state index contributed by atoms with van der Waals surface area (Å²) in [4.78, 5) is 0. The largest absolute Gasteiger partial charge is 0.310 e. The van der Waals surface area contributed by atoms with E-state index in [0.717, 1.165) is 17.4 Å². The molecule has 0 spiro atoms. The van der Waals surface area contributed by atoms with Crippen LogP contribution in [0.2, 0.25) is 0 Å². The minimum absolute atomic E-state index is 0.348. The van der Waals surface area contributed by atoms with Gasteiger partial charge in [-0.25, -0.2) is 0 Å². The molecular weight excluding hydrogens is 437 g/mol. The van der Waals surface area contributed by atoms with Crippen LogP contribution in [0.1, 0.15) is 35.2 Å². The molecule has 0 saturated heterocycles. The van der Waals surface area contributed by atoms with Crippen LogP contribution in [0.3, 0.4) is 0 Å². The van der Waals surface area contributed by atoms with Crippen molar-refractivity contribution < 1.29 is 0 Å². The fourth-order valence-electron chi connectivity index (χ4n) is 2.74. The molecule has 0 aliphatic heterocycles. The maximum absolute atomic E-state index is 3.63. The lowest BCUT2D eigenvalue weighted by Gasteiger charge is -2.21. The molecule has 0 saturated carbocycles. The zero-order chi connectivity index (χ0) is 15.4. The molecule has 0 amide bonds. The molecule has 3 heteroatoms. The Morgan fingerprint density at radius 2 is 1.76 bits per heavy atom. The highest BCUT2D eigenvalue weighted by Gasteiger charge is 2.15. The summed E-state index contributed by atoms with van der Waals surface area (Å²) in [5.74, 6) is 0. The number of hydrogen-bond donors (Lipinski definition) is 1. The molecule has 0 aliphatic rings. The summed E-state index contributed by atoms with van der Waals surface area (Å²) < 4.78 is 2.45. The van der Waals surface area contributed by atoms with E-state index in [-0.39, 0.29) is 0 Å². The third-order valence-electron chi connectivity index (χ3n) is 3.51. The van der Waals surface area contributed by atoms with E-state index in [0.29, 0.717) is 6.04 Å². The highest BCUT2D eigenvalue weighted by molar-refractivity contribution is 14.1. The number of halogens is 2. The van der Waals surface area contributed by atoms with E-state index in [1.807, 2.05) is 0 Å². The summed E-state index contributed by atoms with van der Waals surface area (Å²) in [5, 5.41) is 3.63. The third kappa shape index (κ3) is 4.80. The van der Waals surface area contributed by atoms with Gasteiger partial charge in [-0.15, -0.1) is 0 Å². The van der Waals surface area contributed by atoms with Crippen molar-refractivity contribution in [2.45, 2.75) is 33.2 Å². The number of aryl methyl sites for hydroxylation is 2. The molecule has 0 bridgehead atoms. The topological polar surface area (TPSA) is 12.0 Å². The number of likely N-dealkylation sites (N-methyl/N-ethyl adjacent to an activating group) is 1. The first-order valence-corrected chi connectivity index (χ1v) is 9.12. The molecule has 1 unspecified atom stereocenters. The minimum atomic E-state index is 0.348. The van der Waals surface area contributed by atoms with Crippen LogP contribution < -0.4 is 5.32 Å². The van der Waals surface area contributed by atoms with E-state index in [4.69, 9.17) is 0 Å². The summed E-state index contributed by atoms with van der Waals surface area (Å²) in [7, 11) is 0. The van der Waals surface area contributed by atoms with Gasteiger partial charge in [0, 0.05) is 14.1 Å². The van der Waals surface area contributed by atoms with Gasteiger partial charge in [-0.1, -0.05) is 52.2 Å². The molecule has 0 aromatic heterocycles. The fourth-order valence-corrected chi connectivity index (χ4v) is 3.83. The van der Waals surface area contributed by atoms with Crippen molar-refractivity contribution >= 4 is 38.5 Å². The van der Waals surface area contributed by atoms with Gasteiger partial charge in [0.25, 0.3) is 0 Å². The summed E-state index contributed by atoms with van der Waals surface area (Å²) in [6.45, 7) is 7.47. The second-order valence-electron chi connectivity index (χ2n) is 5.48. The highest BCUT2D eigenvalue weighted by atomic mass is 127. The number of rotatable bonds is 5. The van der Waals surface area contributed by atoms with Gasteiger partial charge in [-0.3, -0.25) is 0 Å². The molecule has 1 nitrogen and oxygen atoms in total. The fraction of sp³-hybridized carbons (Fsp3) is 0.333. The van der Waals surface area contributed by atoms with Gasteiger partial charge in [-0.2, -0.15) is 0 Å². The summed E-state index contributed by atoms with van der Waals surface area (Å²) in [6, 6.07) is 13.7. The Balaban J connectivity index is 2.32. The van der Waals surface area contributed by atoms with Gasteiger partial charge in [0.15, 0.2) is 0 Å².